The van der Waals surface area contributed by atoms with Crippen LogP contribution in [0, 0.1) is 0 Å². The number of para-hydroxylation sites is 1. The van der Waals surface area contributed by atoms with E-state index in [1.807, 2.05) is 0 Å². The molecule has 0 atom stereocenters. The number of nitrogens with zero attached hydrogens (tertiary/aromatic N) is 1. The van der Waals surface area contributed by atoms with Gasteiger partial charge in [0.25, 0.3) is 0 Å². The molecule has 1 heterocycles. The van der Waals surface area contributed by atoms with Crippen molar-refractivity contribution in [3.63, 3.8) is 0 Å². The van der Waals surface area contributed by atoms with Crippen LogP contribution < -0.4 is 9.47 Å². The van der Waals surface area contributed by atoms with Gasteiger partial charge in [-0.15, -0.1) is 0 Å². The second-order valence-electron chi connectivity index (χ2n) is 6.50. The molecule has 154 valence electrons. The van der Waals surface area contributed by atoms with Crippen LogP contribution in [0.25, 0.3) is 6.08 Å². The van der Waals surface area contributed by atoms with Gasteiger partial charge in [-0.2, -0.15) is 0 Å². The largest absolute Gasteiger partial charge is 0.497 e. The molecule has 1 aliphatic heterocycles. The average molecular weight is 434 g/mol. The lowest BCUT2D eigenvalue weighted by Crippen LogP contribution is -2.09. The number of benzene rings is 3. The molecule has 3 aromatic rings. The minimum Gasteiger partial charge on any atom is -0.497 e. The number of methoxy groups -OCH3 is 1. The number of rotatable bonds is 5. The highest BCUT2D eigenvalue weighted by Gasteiger charge is 2.24. The summed E-state index contributed by atoms with van der Waals surface area (Å²) in [4.78, 5) is 29.1. The van der Waals surface area contributed by atoms with E-state index in [9.17, 15) is 9.59 Å². The molecule has 3 aromatic carbocycles. The van der Waals surface area contributed by atoms with Crippen LogP contribution in [-0.4, -0.2) is 24.9 Å². The van der Waals surface area contributed by atoms with E-state index in [-0.39, 0.29) is 17.3 Å². The highest BCUT2D eigenvalue weighted by molar-refractivity contribution is 6.30. The molecule has 1 aliphatic rings. The number of hydrogen-bond acceptors (Lipinski definition) is 6. The fraction of sp³-hybridized carbons (Fsp3) is 0.0417. The Labute approximate surface area is 183 Å². The van der Waals surface area contributed by atoms with Crippen LogP contribution in [0.1, 0.15) is 21.5 Å². The Morgan fingerprint density at radius 3 is 2.42 bits per heavy atom. The maximum atomic E-state index is 12.5. The third-order valence-electron chi connectivity index (χ3n) is 4.45. The van der Waals surface area contributed by atoms with Crippen LogP contribution >= 0.6 is 11.6 Å². The molecule has 0 fully saturated rings. The summed E-state index contributed by atoms with van der Waals surface area (Å²) in [7, 11) is 1.57. The first-order valence-electron chi connectivity index (χ1n) is 9.27. The lowest BCUT2D eigenvalue weighted by Gasteiger charge is -2.07. The van der Waals surface area contributed by atoms with Crippen molar-refractivity contribution in [1.82, 2.24) is 0 Å². The SMILES string of the molecule is COc1ccc(C2=N/C(=C\c3ccccc3OC(=O)c3ccc(Cl)cc3)C(=O)O2)cc1. The zero-order valence-electron chi connectivity index (χ0n) is 16.4. The number of halogens is 1. The van der Waals surface area contributed by atoms with E-state index < -0.39 is 11.9 Å². The van der Waals surface area contributed by atoms with E-state index >= 15 is 0 Å². The summed E-state index contributed by atoms with van der Waals surface area (Å²) in [5.74, 6) is 0.0230. The Bertz CT molecular complexity index is 1200. The Morgan fingerprint density at radius 2 is 1.71 bits per heavy atom. The Morgan fingerprint density at radius 1 is 1.00 bits per heavy atom. The van der Waals surface area contributed by atoms with Gasteiger partial charge in [0, 0.05) is 16.1 Å². The molecule has 0 aromatic heterocycles. The van der Waals surface area contributed by atoms with E-state index in [0.717, 1.165) is 0 Å². The summed E-state index contributed by atoms with van der Waals surface area (Å²) in [6, 6.07) is 20.2. The highest BCUT2D eigenvalue weighted by Crippen LogP contribution is 2.26. The first kappa shape index (κ1) is 20.4. The molecule has 0 aliphatic carbocycles. The molecule has 7 heteroatoms. The summed E-state index contributed by atoms with van der Waals surface area (Å²) in [5, 5.41) is 0.520. The Hall–Kier alpha value is -3.90. The van der Waals surface area contributed by atoms with Gasteiger partial charge in [-0.05, 0) is 60.7 Å². The van der Waals surface area contributed by atoms with E-state index in [1.54, 1.807) is 79.9 Å². The quantitative estimate of drug-likeness (QED) is 0.324. The van der Waals surface area contributed by atoms with Crippen molar-refractivity contribution >= 4 is 35.5 Å². The van der Waals surface area contributed by atoms with Gasteiger partial charge in [-0.25, -0.2) is 14.6 Å². The van der Waals surface area contributed by atoms with E-state index in [1.165, 1.54) is 6.08 Å². The van der Waals surface area contributed by atoms with Gasteiger partial charge in [0.05, 0.1) is 12.7 Å². The van der Waals surface area contributed by atoms with Crippen LogP contribution in [0.4, 0.5) is 0 Å². The summed E-state index contributed by atoms with van der Waals surface area (Å²) >= 11 is 5.86. The van der Waals surface area contributed by atoms with Gasteiger partial charge in [0.2, 0.25) is 5.90 Å². The van der Waals surface area contributed by atoms with Crippen LogP contribution in [0.15, 0.2) is 83.5 Å². The topological polar surface area (TPSA) is 74.2 Å². The van der Waals surface area contributed by atoms with Crippen molar-refractivity contribution < 1.29 is 23.8 Å². The number of carbonyl (C=O) groups is 2. The van der Waals surface area contributed by atoms with Gasteiger partial charge in [0.15, 0.2) is 5.70 Å². The maximum absolute atomic E-state index is 12.5. The fourth-order valence-electron chi connectivity index (χ4n) is 2.85. The van der Waals surface area contributed by atoms with E-state index in [0.29, 0.717) is 27.5 Å². The van der Waals surface area contributed by atoms with Gasteiger partial charge < -0.3 is 14.2 Å². The molecule has 0 saturated heterocycles. The van der Waals surface area contributed by atoms with Crippen molar-refractivity contribution in [1.29, 1.82) is 0 Å². The lowest BCUT2D eigenvalue weighted by molar-refractivity contribution is -0.129. The molecule has 0 radical (unpaired) electrons. The van der Waals surface area contributed by atoms with E-state index in [4.69, 9.17) is 25.8 Å². The third-order valence-corrected chi connectivity index (χ3v) is 4.70. The Kier molecular flexibility index (Phi) is 5.82. The minimum absolute atomic E-state index is 0.0980. The molecule has 6 nitrogen and oxygen atoms in total. The second-order valence-corrected chi connectivity index (χ2v) is 6.94. The Balaban J connectivity index is 1.59. The molecule has 0 amide bonds. The van der Waals surface area contributed by atoms with Gasteiger partial charge in [-0.3, -0.25) is 0 Å². The molecule has 0 N–H and O–H groups in total. The number of hydrogen-bond donors (Lipinski definition) is 0. The molecular weight excluding hydrogens is 418 g/mol. The first-order valence-corrected chi connectivity index (χ1v) is 9.65. The van der Waals surface area contributed by atoms with Gasteiger partial charge in [-0.1, -0.05) is 29.8 Å². The smallest absolute Gasteiger partial charge is 0.363 e. The van der Waals surface area contributed by atoms with Gasteiger partial charge in [0.1, 0.15) is 11.5 Å². The maximum Gasteiger partial charge on any atom is 0.363 e. The monoisotopic (exact) mass is 433 g/mol. The number of cyclic esters (lactones) is 1. The van der Waals surface area contributed by atoms with Crippen molar-refractivity contribution in [3.05, 3.63) is 100 Å². The number of esters is 2. The number of carbonyl (C=O) groups excluding carboxylic acids is 2. The highest BCUT2D eigenvalue weighted by atomic mass is 35.5. The predicted octanol–water partition coefficient (Wildman–Crippen LogP) is 4.91. The molecule has 0 bridgehead atoms. The number of ether oxygens (including phenoxy) is 3. The minimum atomic E-state index is -0.593. The first-order chi connectivity index (χ1) is 15.0. The average Bonchev–Trinajstić information content (AvgIpc) is 3.15. The van der Waals surface area contributed by atoms with Crippen LogP contribution in [0.3, 0.4) is 0 Å². The summed E-state index contributed by atoms with van der Waals surface area (Å²) in [6.45, 7) is 0. The zero-order valence-corrected chi connectivity index (χ0v) is 17.1. The standard InChI is InChI=1S/C24H16ClNO5/c1-29-19-12-8-15(9-13-19)22-26-20(24(28)31-22)14-17-4-2-3-5-21(17)30-23(27)16-6-10-18(25)11-7-16/h2-14H,1H3/b20-14-. The predicted molar refractivity (Wildman–Crippen MR) is 116 cm³/mol. The summed E-state index contributed by atoms with van der Waals surface area (Å²) in [5.41, 5.74) is 1.60. The lowest BCUT2D eigenvalue weighted by atomic mass is 10.1. The van der Waals surface area contributed by atoms with Crippen molar-refractivity contribution in [2.45, 2.75) is 0 Å². The van der Waals surface area contributed by atoms with Crippen LogP contribution in [0.5, 0.6) is 11.5 Å². The van der Waals surface area contributed by atoms with E-state index in [2.05, 4.69) is 4.99 Å². The molecule has 0 unspecified atom stereocenters. The molecule has 4 rings (SSSR count). The fourth-order valence-corrected chi connectivity index (χ4v) is 2.98. The number of aliphatic imine (C=N–C) groups is 1. The zero-order chi connectivity index (χ0) is 21.8. The molecule has 0 saturated carbocycles. The second kappa shape index (κ2) is 8.85. The summed E-state index contributed by atoms with van der Waals surface area (Å²) < 4.78 is 15.9. The third kappa shape index (κ3) is 4.65. The normalized spacial score (nSPS) is 14.2. The van der Waals surface area contributed by atoms with Crippen LogP contribution in [-0.2, 0) is 9.53 Å². The summed E-state index contributed by atoms with van der Waals surface area (Å²) in [6.07, 6.45) is 1.52. The van der Waals surface area contributed by atoms with Crippen molar-refractivity contribution in [2.75, 3.05) is 7.11 Å². The molecule has 31 heavy (non-hydrogen) atoms. The van der Waals surface area contributed by atoms with Crippen LogP contribution in [0.2, 0.25) is 5.02 Å². The van der Waals surface area contributed by atoms with Gasteiger partial charge >= 0.3 is 11.9 Å². The molecular formula is C24H16ClNO5. The molecule has 0 spiro atoms. The van der Waals surface area contributed by atoms with Crippen molar-refractivity contribution in [2.24, 2.45) is 4.99 Å². The van der Waals surface area contributed by atoms with Crippen molar-refractivity contribution in [3.8, 4) is 11.5 Å².